The van der Waals surface area contributed by atoms with Crippen molar-refractivity contribution >= 4 is 48.6 Å². The smallest absolute Gasteiger partial charge is 0 e. The van der Waals surface area contributed by atoms with Gasteiger partial charge in [0.15, 0.2) is 0 Å². The molecule has 0 aromatic rings. The predicted octanol–water partition coefficient (Wildman–Crippen LogP) is 0.700. The Morgan fingerprint density at radius 2 is 1.09 bits per heavy atom. The Kier molecular flexibility index (Phi) is 16.0. The summed E-state index contributed by atoms with van der Waals surface area (Å²) in [5.41, 5.74) is 0. The molecule has 0 aliphatic carbocycles. The van der Waals surface area contributed by atoms with Gasteiger partial charge in [0, 0.05) is 25.8 Å². The third kappa shape index (κ3) is 9.53. The maximum atomic E-state index is 5.29. The van der Waals surface area contributed by atoms with Gasteiger partial charge in [0.1, 0.15) is 0 Å². The Balaban J connectivity index is 0. The van der Waals surface area contributed by atoms with Gasteiger partial charge in [0.25, 0.3) is 0 Å². The van der Waals surface area contributed by atoms with E-state index in [2.05, 4.69) is 0 Å². The summed E-state index contributed by atoms with van der Waals surface area (Å²) < 4.78 is 15.9. The van der Waals surface area contributed by atoms with Crippen LogP contribution in [0.5, 0.6) is 0 Å². The van der Waals surface area contributed by atoms with E-state index in [1.807, 2.05) is 20.8 Å². The Morgan fingerprint density at radius 1 is 0.818 bits per heavy atom. The monoisotopic (exact) mass is 365 g/mol. The maximum Gasteiger partial charge on any atom is 0 e. The summed E-state index contributed by atoms with van der Waals surface area (Å²) in [7, 11) is 0. The Labute approximate surface area is 96.9 Å². The first-order chi connectivity index (χ1) is 4.85. The molecule has 0 N–H and O–H groups in total. The van der Waals surface area contributed by atoms with Crippen molar-refractivity contribution < 1.29 is 8.56 Å². The second-order valence-electron chi connectivity index (χ2n) is 1.65. The van der Waals surface area contributed by atoms with Crippen molar-refractivity contribution in [3.8, 4) is 0 Å². The zero-order valence-electron chi connectivity index (χ0n) is 7.50. The van der Waals surface area contributed by atoms with E-state index in [9.17, 15) is 0 Å². The van der Waals surface area contributed by atoms with Crippen LogP contribution in [0.2, 0.25) is 0 Å². The molecule has 5 heteroatoms. The SMILES string of the molecule is CC[O][In]([O]CC)[O]CC.[In]. The Bertz CT molecular complexity index is 58.6. The standard InChI is InChI=1S/3C2H5O.2In/c3*1-2-3;;/h3*2H2,1H3;;/q3*-1;;+3. The van der Waals surface area contributed by atoms with Crippen molar-refractivity contribution in [1.29, 1.82) is 0 Å². The molecule has 3 radical (unpaired) electrons. The van der Waals surface area contributed by atoms with Crippen LogP contribution < -0.4 is 0 Å². The molecule has 0 saturated heterocycles. The van der Waals surface area contributed by atoms with Crippen molar-refractivity contribution in [3.63, 3.8) is 0 Å². The number of rotatable bonds is 6. The van der Waals surface area contributed by atoms with E-state index in [4.69, 9.17) is 8.56 Å². The van der Waals surface area contributed by atoms with Crippen LogP contribution in [-0.2, 0) is 8.56 Å². The first-order valence-electron chi connectivity index (χ1n) is 3.69. The fraction of sp³-hybridized carbons (Fsp3) is 1.00. The molecule has 0 aliphatic heterocycles. The molecule has 0 bridgehead atoms. The van der Waals surface area contributed by atoms with Crippen LogP contribution in [0, 0.1) is 0 Å². The van der Waals surface area contributed by atoms with Gasteiger partial charge in [-0.2, -0.15) is 0 Å². The van der Waals surface area contributed by atoms with Gasteiger partial charge in [-0.15, -0.1) is 0 Å². The second kappa shape index (κ2) is 11.6. The van der Waals surface area contributed by atoms with Gasteiger partial charge >= 0.3 is 71.9 Å². The van der Waals surface area contributed by atoms with Crippen molar-refractivity contribution in [2.75, 3.05) is 19.8 Å². The molecule has 0 atom stereocenters. The van der Waals surface area contributed by atoms with Gasteiger partial charge in [-0.3, -0.25) is 0 Å². The largest absolute Gasteiger partial charge is 0 e. The molecule has 0 aliphatic rings. The molecule has 0 heterocycles. The van der Waals surface area contributed by atoms with E-state index in [-0.39, 0.29) is 25.8 Å². The van der Waals surface area contributed by atoms with Crippen molar-refractivity contribution in [3.05, 3.63) is 0 Å². The van der Waals surface area contributed by atoms with Gasteiger partial charge < -0.3 is 0 Å². The van der Waals surface area contributed by atoms with Crippen LogP contribution in [-0.4, -0.2) is 68.4 Å². The van der Waals surface area contributed by atoms with E-state index in [1.165, 1.54) is 0 Å². The Hall–Kier alpha value is 1.62. The molecule has 0 rings (SSSR count). The van der Waals surface area contributed by atoms with Crippen molar-refractivity contribution in [2.24, 2.45) is 0 Å². The molecule has 0 amide bonds. The minimum absolute atomic E-state index is 0. The maximum absolute atomic E-state index is 5.29. The van der Waals surface area contributed by atoms with Gasteiger partial charge in [-0.1, -0.05) is 0 Å². The van der Waals surface area contributed by atoms with Crippen LogP contribution >= 0.6 is 0 Å². The summed E-state index contributed by atoms with van der Waals surface area (Å²) in [6.45, 7) is 8.01. The van der Waals surface area contributed by atoms with E-state index in [1.54, 1.807) is 0 Å². The molecule has 3 nitrogen and oxygen atoms in total. The molecule has 63 valence electrons. The van der Waals surface area contributed by atoms with E-state index in [0.717, 1.165) is 0 Å². The zero-order valence-corrected chi connectivity index (χ0v) is 14.1. The van der Waals surface area contributed by atoms with Crippen molar-refractivity contribution in [1.82, 2.24) is 0 Å². The number of hydrogen-bond acceptors (Lipinski definition) is 3. The van der Waals surface area contributed by atoms with Crippen LogP contribution in [0.25, 0.3) is 0 Å². The zero-order chi connectivity index (χ0) is 7.82. The van der Waals surface area contributed by atoms with Crippen LogP contribution in [0.1, 0.15) is 20.8 Å². The quantitative estimate of drug-likeness (QED) is 0.694. The fourth-order valence-electron chi connectivity index (χ4n) is 0.553. The summed E-state index contributed by atoms with van der Waals surface area (Å²) in [4.78, 5) is 0. The Morgan fingerprint density at radius 3 is 1.27 bits per heavy atom. The molecular weight excluding hydrogens is 350 g/mol. The molecule has 0 fully saturated rings. The van der Waals surface area contributed by atoms with Crippen molar-refractivity contribution in [2.45, 2.75) is 20.8 Å². The molecule has 11 heavy (non-hydrogen) atoms. The second-order valence-corrected chi connectivity index (χ2v) is 6.16. The normalized spacial score (nSPS) is 9.00. The van der Waals surface area contributed by atoms with E-state index < -0.39 is 22.7 Å². The topological polar surface area (TPSA) is 27.7 Å². The average Bonchev–Trinajstić information content (AvgIpc) is 1.90. The number of hydrogen-bond donors (Lipinski definition) is 0. The van der Waals surface area contributed by atoms with E-state index in [0.29, 0.717) is 19.8 Å². The molecule has 0 spiro atoms. The van der Waals surface area contributed by atoms with Gasteiger partial charge in [0.05, 0.1) is 0 Å². The summed E-state index contributed by atoms with van der Waals surface area (Å²) in [6.07, 6.45) is 0. The molecule has 0 aromatic heterocycles. The molecule has 0 aromatic carbocycles. The molecular formula is C6H15In2O3. The van der Waals surface area contributed by atoms with Crippen LogP contribution in [0.15, 0.2) is 0 Å². The van der Waals surface area contributed by atoms with Gasteiger partial charge in [-0.05, 0) is 0 Å². The predicted molar refractivity (Wildman–Crippen MR) is 46.4 cm³/mol. The molecule has 0 saturated carbocycles. The summed E-state index contributed by atoms with van der Waals surface area (Å²) in [5.74, 6) is 0. The fourth-order valence-corrected chi connectivity index (χ4v) is 3.71. The van der Waals surface area contributed by atoms with Gasteiger partial charge in [0.2, 0.25) is 0 Å². The third-order valence-electron chi connectivity index (χ3n) is 0.908. The van der Waals surface area contributed by atoms with Crippen LogP contribution in [0.3, 0.4) is 0 Å². The first-order valence-corrected chi connectivity index (χ1v) is 7.73. The first kappa shape index (κ1) is 15.1. The summed E-state index contributed by atoms with van der Waals surface area (Å²) in [5, 5.41) is 0. The minimum atomic E-state index is -2.38. The summed E-state index contributed by atoms with van der Waals surface area (Å²) in [6, 6.07) is 0. The minimum Gasteiger partial charge on any atom is 0 e. The third-order valence-corrected chi connectivity index (χ3v) is 6.09. The van der Waals surface area contributed by atoms with Gasteiger partial charge in [-0.25, -0.2) is 0 Å². The van der Waals surface area contributed by atoms with E-state index >= 15 is 0 Å². The summed E-state index contributed by atoms with van der Waals surface area (Å²) >= 11 is -2.38. The molecule has 0 unspecified atom stereocenters. The average molecular weight is 365 g/mol. The van der Waals surface area contributed by atoms with Crippen LogP contribution in [0.4, 0.5) is 0 Å².